The molecule has 3 heterocycles. The van der Waals surface area contributed by atoms with Crippen LogP contribution in [-0.4, -0.2) is 47.0 Å². The molecule has 2 aromatic heterocycles. The van der Waals surface area contributed by atoms with E-state index in [4.69, 9.17) is 4.74 Å². The lowest BCUT2D eigenvalue weighted by Gasteiger charge is -2.28. The van der Waals surface area contributed by atoms with Crippen LogP contribution in [0.5, 0.6) is 0 Å². The topological polar surface area (TPSA) is 72.3 Å². The van der Waals surface area contributed by atoms with Crippen LogP contribution in [0.3, 0.4) is 0 Å². The molecule has 1 N–H and O–H groups in total. The summed E-state index contributed by atoms with van der Waals surface area (Å²) < 4.78 is 34.8. The van der Waals surface area contributed by atoms with Gasteiger partial charge in [0.05, 0.1) is 31.1 Å². The van der Waals surface area contributed by atoms with E-state index in [2.05, 4.69) is 20.3 Å². The van der Waals surface area contributed by atoms with Crippen molar-refractivity contribution in [1.82, 2.24) is 20.1 Å². The van der Waals surface area contributed by atoms with Crippen LogP contribution in [-0.2, 0) is 17.7 Å². The fraction of sp³-hybridized carbons (Fsp3) is 0.375. The van der Waals surface area contributed by atoms with E-state index >= 15 is 0 Å². The normalized spacial score (nSPS) is 21.0. The number of fused-ring (bicyclic) bond motifs is 3. The Morgan fingerprint density at radius 3 is 2.85 bits per heavy atom. The molecule has 3 aromatic rings. The molecule has 2 fully saturated rings. The van der Waals surface area contributed by atoms with Gasteiger partial charge in [-0.2, -0.15) is 5.10 Å². The molecule has 2 atom stereocenters. The number of halogens is 2. The first-order valence-corrected chi connectivity index (χ1v) is 11.2. The molecule has 0 bridgehead atoms. The Kier molecular flexibility index (Phi) is 4.86. The molecule has 0 spiro atoms. The Hall–Kier alpha value is -3.33. The van der Waals surface area contributed by atoms with Crippen molar-refractivity contribution in [2.24, 2.45) is 5.92 Å². The molecule has 170 valence electrons. The third-order valence-corrected chi connectivity index (χ3v) is 6.67. The maximum absolute atomic E-state index is 14.5. The van der Waals surface area contributed by atoms with Gasteiger partial charge in [-0.1, -0.05) is 6.07 Å². The number of carbonyl (C=O) groups excluding carboxylic acids is 1. The van der Waals surface area contributed by atoms with Crippen molar-refractivity contribution in [1.29, 1.82) is 0 Å². The summed E-state index contributed by atoms with van der Waals surface area (Å²) in [6.07, 6.45) is 1.77. The molecule has 1 aliphatic heterocycles. The van der Waals surface area contributed by atoms with Crippen LogP contribution in [0.25, 0.3) is 5.69 Å². The second kappa shape index (κ2) is 7.91. The summed E-state index contributed by atoms with van der Waals surface area (Å²) in [6, 6.07) is 9.17. The minimum Gasteiger partial charge on any atom is -0.378 e. The number of nitrogens with one attached hydrogen (secondary N) is 1. The van der Waals surface area contributed by atoms with E-state index in [9.17, 15) is 13.6 Å². The van der Waals surface area contributed by atoms with Gasteiger partial charge in [-0.25, -0.2) is 18.4 Å². The highest BCUT2D eigenvalue weighted by Crippen LogP contribution is 2.57. The van der Waals surface area contributed by atoms with E-state index in [-0.39, 0.29) is 24.1 Å². The molecule has 6 rings (SSSR count). The number of aromatic nitrogens is 3. The number of nitrogens with zero attached hydrogens (tertiary/aromatic N) is 4. The van der Waals surface area contributed by atoms with Gasteiger partial charge in [0.1, 0.15) is 17.3 Å². The SMILES string of the molecule is O=C(NCc1cccc(N2CCOCC2)n1)c1nn(-c2ccc(F)cc2F)c2c1C[C@H]1C[C@@H]21. The Morgan fingerprint density at radius 1 is 1.18 bits per heavy atom. The fourth-order valence-electron chi connectivity index (χ4n) is 4.92. The van der Waals surface area contributed by atoms with Gasteiger partial charge < -0.3 is 15.0 Å². The number of ether oxygens (including phenoxy) is 1. The average molecular weight is 451 g/mol. The zero-order chi connectivity index (χ0) is 22.5. The number of morpholine rings is 1. The van der Waals surface area contributed by atoms with Gasteiger partial charge in [-0.3, -0.25) is 4.79 Å². The second-order valence-corrected chi connectivity index (χ2v) is 8.80. The van der Waals surface area contributed by atoms with Gasteiger partial charge in [0, 0.05) is 30.6 Å². The maximum Gasteiger partial charge on any atom is 0.272 e. The third kappa shape index (κ3) is 3.66. The van der Waals surface area contributed by atoms with Crippen molar-refractivity contribution in [3.05, 3.63) is 70.7 Å². The molecule has 1 saturated heterocycles. The quantitative estimate of drug-likeness (QED) is 0.646. The zero-order valence-electron chi connectivity index (χ0n) is 17.9. The van der Waals surface area contributed by atoms with Crippen molar-refractivity contribution in [3.8, 4) is 5.69 Å². The Bertz CT molecular complexity index is 1240. The van der Waals surface area contributed by atoms with E-state index in [1.807, 2.05) is 18.2 Å². The number of rotatable bonds is 5. The minimum absolute atomic E-state index is 0.166. The highest BCUT2D eigenvalue weighted by Gasteiger charge is 2.50. The van der Waals surface area contributed by atoms with Crippen LogP contribution in [0.15, 0.2) is 36.4 Å². The predicted octanol–water partition coefficient (Wildman–Crippen LogP) is 2.97. The van der Waals surface area contributed by atoms with Crippen molar-refractivity contribution < 1.29 is 18.3 Å². The third-order valence-electron chi connectivity index (χ3n) is 6.67. The number of hydrogen-bond acceptors (Lipinski definition) is 5. The summed E-state index contributed by atoms with van der Waals surface area (Å²) in [5, 5.41) is 7.39. The molecule has 1 saturated carbocycles. The molecule has 9 heteroatoms. The first kappa shape index (κ1) is 20.3. The molecule has 7 nitrogen and oxygen atoms in total. The molecular weight excluding hydrogens is 428 g/mol. The average Bonchev–Trinajstić information content (AvgIpc) is 3.34. The van der Waals surface area contributed by atoms with Gasteiger partial charge >= 0.3 is 0 Å². The zero-order valence-corrected chi connectivity index (χ0v) is 17.9. The number of anilines is 1. The van der Waals surface area contributed by atoms with E-state index in [1.54, 1.807) is 0 Å². The molecule has 33 heavy (non-hydrogen) atoms. The Balaban J connectivity index is 1.24. The van der Waals surface area contributed by atoms with Crippen molar-refractivity contribution in [2.45, 2.75) is 25.3 Å². The van der Waals surface area contributed by atoms with E-state index in [0.717, 1.165) is 54.8 Å². The summed E-state index contributed by atoms with van der Waals surface area (Å²) >= 11 is 0. The van der Waals surface area contributed by atoms with Gasteiger partial charge in [-0.05, 0) is 43.0 Å². The van der Waals surface area contributed by atoms with Crippen LogP contribution in [0.2, 0.25) is 0 Å². The van der Waals surface area contributed by atoms with E-state index in [0.29, 0.717) is 24.8 Å². The van der Waals surface area contributed by atoms with Crippen molar-refractivity contribution in [3.63, 3.8) is 0 Å². The van der Waals surface area contributed by atoms with E-state index < -0.39 is 11.6 Å². The van der Waals surface area contributed by atoms with E-state index in [1.165, 1.54) is 16.8 Å². The van der Waals surface area contributed by atoms with Crippen LogP contribution in [0, 0.1) is 17.6 Å². The first-order chi connectivity index (χ1) is 16.1. The molecule has 0 unspecified atom stereocenters. The summed E-state index contributed by atoms with van der Waals surface area (Å²) in [6.45, 7) is 3.18. The van der Waals surface area contributed by atoms with Gasteiger partial charge in [0.25, 0.3) is 5.91 Å². The summed E-state index contributed by atoms with van der Waals surface area (Å²) in [4.78, 5) is 19.9. The number of hydrogen-bond donors (Lipinski definition) is 1. The number of pyridine rings is 1. The van der Waals surface area contributed by atoms with Gasteiger partial charge in [0.15, 0.2) is 11.5 Å². The molecule has 3 aliphatic rings. The molecule has 1 aromatic carbocycles. The lowest BCUT2D eigenvalue weighted by Crippen LogP contribution is -2.37. The predicted molar refractivity (Wildman–Crippen MR) is 116 cm³/mol. The highest BCUT2D eigenvalue weighted by atomic mass is 19.1. The summed E-state index contributed by atoms with van der Waals surface area (Å²) in [7, 11) is 0. The largest absolute Gasteiger partial charge is 0.378 e. The van der Waals surface area contributed by atoms with Crippen LogP contribution >= 0.6 is 0 Å². The smallest absolute Gasteiger partial charge is 0.272 e. The molecular formula is C24H23F2N5O2. The first-order valence-electron chi connectivity index (χ1n) is 11.2. The van der Waals surface area contributed by atoms with Crippen LogP contribution in [0.1, 0.15) is 39.8 Å². The van der Waals surface area contributed by atoms with Crippen molar-refractivity contribution >= 4 is 11.7 Å². The number of benzene rings is 1. The second-order valence-electron chi connectivity index (χ2n) is 8.80. The Morgan fingerprint density at radius 2 is 2.03 bits per heavy atom. The fourth-order valence-corrected chi connectivity index (χ4v) is 4.92. The molecule has 1 amide bonds. The summed E-state index contributed by atoms with van der Waals surface area (Å²) in [5.41, 5.74) is 2.97. The van der Waals surface area contributed by atoms with Gasteiger partial charge in [0.2, 0.25) is 0 Å². The van der Waals surface area contributed by atoms with Crippen LogP contribution in [0.4, 0.5) is 14.6 Å². The highest BCUT2D eigenvalue weighted by molar-refractivity contribution is 5.94. The number of amides is 1. The monoisotopic (exact) mass is 451 g/mol. The standard InChI is InChI=1S/C24H23F2N5O2/c25-15-4-5-20(19(26)12-15)31-23-17-10-14(17)11-18(23)22(29-31)24(32)27-13-16-2-1-3-21(28-16)30-6-8-33-9-7-30/h1-5,12,14,17H,6-11,13H2,(H,27,32)/t14-,17-/m1/s1. The Labute approximate surface area is 189 Å². The van der Waals surface area contributed by atoms with Gasteiger partial charge in [-0.15, -0.1) is 0 Å². The lowest BCUT2D eigenvalue weighted by atomic mass is 10.1. The number of carbonyl (C=O) groups is 1. The summed E-state index contributed by atoms with van der Waals surface area (Å²) in [5.74, 6) is -0.0272. The molecule has 0 radical (unpaired) electrons. The maximum atomic E-state index is 14.5. The van der Waals surface area contributed by atoms with Crippen LogP contribution < -0.4 is 10.2 Å². The minimum atomic E-state index is -0.694. The lowest BCUT2D eigenvalue weighted by molar-refractivity contribution is 0.0944. The molecule has 2 aliphatic carbocycles. The van der Waals surface area contributed by atoms with Crippen molar-refractivity contribution in [2.75, 3.05) is 31.2 Å².